The number of hydrogen-bond donors (Lipinski definition) is 2. The molecule has 2 rings (SSSR count). The van der Waals surface area contributed by atoms with E-state index >= 15 is 0 Å². The Balaban J connectivity index is 2.00. The first-order chi connectivity index (χ1) is 8.16. The number of nitrogens with two attached hydrogens (primary N) is 1. The molecule has 0 bridgehead atoms. The molecule has 100 valence electrons. The minimum atomic E-state index is -0.442. The highest BCUT2D eigenvalue weighted by molar-refractivity contribution is 5.04. The van der Waals surface area contributed by atoms with Crippen LogP contribution >= 0.6 is 0 Å². The Morgan fingerprint density at radius 2 is 1.71 bits per heavy atom. The first-order valence-electron chi connectivity index (χ1n) is 7.58. The minimum Gasteiger partial charge on any atom is -0.389 e. The number of aliphatic hydroxyl groups is 1. The third-order valence-corrected chi connectivity index (χ3v) is 5.57. The molecule has 2 aliphatic rings. The summed E-state index contributed by atoms with van der Waals surface area (Å²) in [4.78, 5) is 0. The van der Waals surface area contributed by atoms with E-state index in [2.05, 4.69) is 6.92 Å². The van der Waals surface area contributed by atoms with Crippen molar-refractivity contribution >= 4 is 0 Å². The molecule has 0 radical (unpaired) electrons. The minimum absolute atomic E-state index is 0.0597. The van der Waals surface area contributed by atoms with Gasteiger partial charge in [0.1, 0.15) is 0 Å². The maximum absolute atomic E-state index is 11.0. The van der Waals surface area contributed by atoms with Crippen LogP contribution in [0.1, 0.15) is 71.1 Å². The lowest BCUT2D eigenvalue weighted by molar-refractivity contribution is -0.111. The van der Waals surface area contributed by atoms with Crippen LogP contribution in [0.5, 0.6) is 0 Å². The standard InChI is InChI=1S/C15H29NO/c1-2-5-13-6-10-15(17,11-7-13)14(12-16)8-3-4-9-14/h13,17H,2-12,16H2,1H3. The van der Waals surface area contributed by atoms with Crippen LogP contribution < -0.4 is 5.73 Å². The average Bonchev–Trinajstić information content (AvgIpc) is 2.83. The smallest absolute Gasteiger partial charge is 0.0716 e. The summed E-state index contributed by atoms with van der Waals surface area (Å²) in [5.74, 6) is 0.858. The van der Waals surface area contributed by atoms with Crippen molar-refractivity contribution in [2.45, 2.75) is 76.7 Å². The molecule has 0 unspecified atom stereocenters. The fraction of sp³-hybridized carbons (Fsp3) is 1.00. The predicted molar refractivity (Wildman–Crippen MR) is 71.8 cm³/mol. The fourth-order valence-corrected chi connectivity index (χ4v) is 4.29. The van der Waals surface area contributed by atoms with Crippen molar-refractivity contribution in [3.63, 3.8) is 0 Å². The van der Waals surface area contributed by atoms with Crippen LogP contribution in [0.2, 0.25) is 0 Å². The average molecular weight is 239 g/mol. The SMILES string of the molecule is CCCC1CCC(O)(C2(CN)CCCC2)CC1. The van der Waals surface area contributed by atoms with Gasteiger partial charge >= 0.3 is 0 Å². The second kappa shape index (κ2) is 5.27. The molecule has 0 aliphatic heterocycles. The first kappa shape index (κ1) is 13.4. The molecular formula is C15H29NO. The molecule has 0 spiro atoms. The van der Waals surface area contributed by atoms with Crippen LogP contribution in [-0.2, 0) is 0 Å². The molecule has 2 fully saturated rings. The van der Waals surface area contributed by atoms with Crippen molar-refractivity contribution in [3.8, 4) is 0 Å². The van der Waals surface area contributed by atoms with Crippen LogP contribution in [0.4, 0.5) is 0 Å². The van der Waals surface area contributed by atoms with Gasteiger partial charge in [-0.25, -0.2) is 0 Å². The molecule has 0 amide bonds. The fourth-order valence-electron chi connectivity index (χ4n) is 4.29. The molecule has 2 nitrogen and oxygen atoms in total. The van der Waals surface area contributed by atoms with E-state index in [1.165, 1.54) is 38.5 Å². The zero-order chi connectivity index (χ0) is 12.4. The number of rotatable bonds is 4. The Morgan fingerprint density at radius 3 is 2.18 bits per heavy atom. The molecule has 0 aromatic heterocycles. The third-order valence-electron chi connectivity index (χ3n) is 5.57. The highest BCUT2D eigenvalue weighted by Gasteiger charge is 2.51. The van der Waals surface area contributed by atoms with Gasteiger partial charge in [-0.1, -0.05) is 32.6 Å². The zero-order valence-electron chi connectivity index (χ0n) is 11.4. The lowest BCUT2D eigenvalue weighted by atomic mass is 9.62. The molecular weight excluding hydrogens is 210 g/mol. The molecule has 3 N–H and O–H groups in total. The predicted octanol–water partition coefficient (Wildman–Crippen LogP) is 3.23. The summed E-state index contributed by atoms with van der Waals surface area (Å²) in [7, 11) is 0. The van der Waals surface area contributed by atoms with Gasteiger partial charge < -0.3 is 10.8 Å². The Hall–Kier alpha value is -0.0800. The topological polar surface area (TPSA) is 46.2 Å². The summed E-state index contributed by atoms with van der Waals surface area (Å²) in [6.45, 7) is 2.95. The van der Waals surface area contributed by atoms with Gasteiger partial charge in [0.25, 0.3) is 0 Å². The van der Waals surface area contributed by atoms with E-state index < -0.39 is 5.60 Å². The molecule has 0 heterocycles. The van der Waals surface area contributed by atoms with E-state index in [0.717, 1.165) is 31.6 Å². The Labute approximate surface area is 106 Å². The first-order valence-corrected chi connectivity index (χ1v) is 7.58. The summed E-state index contributed by atoms with van der Waals surface area (Å²) in [6.07, 6.45) is 11.9. The molecule has 0 aromatic rings. The monoisotopic (exact) mass is 239 g/mol. The van der Waals surface area contributed by atoms with Crippen molar-refractivity contribution in [3.05, 3.63) is 0 Å². The molecule has 2 heteroatoms. The largest absolute Gasteiger partial charge is 0.389 e. The van der Waals surface area contributed by atoms with Crippen molar-refractivity contribution in [2.24, 2.45) is 17.1 Å². The summed E-state index contributed by atoms with van der Waals surface area (Å²) >= 11 is 0. The summed E-state index contributed by atoms with van der Waals surface area (Å²) in [5.41, 5.74) is 5.64. The molecule has 2 saturated carbocycles. The van der Waals surface area contributed by atoms with E-state index in [-0.39, 0.29) is 5.41 Å². The van der Waals surface area contributed by atoms with Gasteiger partial charge in [0.05, 0.1) is 5.60 Å². The highest BCUT2D eigenvalue weighted by atomic mass is 16.3. The Bertz CT molecular complexity index is 237. The van der Waals surface area contributed by atoms with Gasteiger partial charge in [0.2, 0.25) is 0 Å². The maximum Gasteiger partial charge on any atom is 0.0716 e. The van der Waals surface area contributed by atoms with Gasteiger partial charge in [-0.3, -0.25) is 0 Å². The van der Waals surface area contributed by atoms with Gasteiger partial charge in [-0.15, -0.1) is 0 Å². The second-order valence-electron chi connectivity index (χ2n) is 6.46. The van der Waals surface area contributed by atoms with Crippen LogP contribution in [0, 0.1) is 11.3 Å². The van der Waals surface area contributed by atoms with E-state index in [1.54, 1.807) is 0 Å². The van der Waals surface area contributed by atoms with Crippen molar-refractivity contribution < 1.29 is 5.11 Å². The third kappa shape index (κ3) is 2.39. The highest BCUT2D eigenvalue weighted by Crippen LogP contribution is 2.52. The molecule has 0 aromatic carbocycles. The van der Waals surface area contributed by atoms with Gasteiger partial charge in [-0.2, -0.15) is 0 Å². The van der Waals surface area contributed by atoms with E-state index in [4.69, 9.17) is 5.73 Å². The summed E-state index contributed by atoms with van der Waals surface area (Å²) in [6, 6.07) is 0. The van der Waals surface area contributed by atoms with Crippen LogP contribution in [-0.4, -0.2) is 17.3 Å². The molecule has 2 aliphatic carbocycles. The summed E-state index contributed by atoms with van der Waals surface area (Å²) in [5, 5.41) is 11.0. The van der Waals surface area contributed by atoms with Crippen molar-refractivity contribution in [1.82, 2.24) is 0 Å². The van der Waals surface area contributed by atoms with Crippen LogP contribution in [0.15, 0.2) is 0 Å². The van der Waals surface area contributed by atoms with E-state index in [0.29, 0.717) is 6.54 Å². The Morgan fingerprint density at radius 1 is 1.12 bits per heavy atom. The zero-order valence-corrected chi connectivity index (χ0v) is 11.4. The maximum atomic E-state index is 11.0. The Kier molecular flexibility index (Phi) is 4.14. The second-order valence-corrected chi connectivity index (χ2v) is 6.46. The van der Waals surface area contributed by atoms with E-state index in [9.17, 15) is 5.11 Å². The lowest BCUT2D eigenvalue weighted by Gasteiger charge is -2.48. The molecule has 0 saturated heterocycles. The van der Waals surface area contributed by atoms with Gasteiger partial charge in [0, 0.05) is 12.0 Å². The van der Waals surface area contributed by atoms with Crippen molar-refractivity contribution in [2.75, 3.05) is 6.54 Å². The number of hydrogen-bond acceptors (Lipinski definition) is 2. The summed E-state index contributed by atoms with van der Waals surface area (Å²) < 4.78 is 0. The lowest BCUT2D eigenvalue weighted by Crippen LogP contribution is -2.53. The normalized spacial score (nSPS) is 37.2. The van der Waals surface area contributed by atoms with Gasteiger partial charge in [-0.05, 0) is 44.4 Å². The molecule has 0 atom stereocenters. The van der Waals surface area contributed by atoms with Crippen molar-refractivity contribution in [1.29, 1.82) is 0 Å². The van der Waals surface area contributed by atoms with E-state index in [1.807, 2.05) is 0 Å². The van der Waals surface area contributed by atoms with Gasteiger partial charge in [0.15, 0.2) is 0 Å². The quantitative estimate of drug-likeness (QED) is 0.791. The molecule has 17 heavy (non-hydrogen) atoms. The van der Waals surface area contributed by atoms with Crippen LogP contribution in [0.25, 0.3) is 0 Å². The van der Waals surface area contributed by atoms with Crippen LogP contribution in [0.3, 0.4) is 0 Å².